The van der Waals surface area contributed by atoms with Crippen LogP contribution < -0.4 is 5.32 Å². The predicted molar refractivity (Wildman–Crippen MR) is 103 cm³/mol. The zero-order valence-electron chi connectivity index (χ0n) is 14.7. The first-order valence-corrected chi connectivity index (χ1v) is 9.91. The summed E-state index contributed by atoms with van der Waals surface area (Å²) >= 11 is 6.14. The third-order valence-corrected chi connectivity index (χ3v) is 6.81. The summed E-state index contributed by atoms with van der Waals surface area (Å²) in [6, 6.07) is -0.396. The van der Waals surface area contributed by atoms with Crippen molar-refractivity contribution in [3.8, 4) is 0 Å². The molecule has 1 saturated heterocycles. The maximum absolute atomic E-state index is 13.3. The maximum atomic E-state index is 13.3. The molecular formula is C15H19Cl2N7O2S. The summed E-state index contributed by atoms with van der Waals surface area (Å²) in [4.78, 5) is 8.60. The Hall–Kier alpha value is -1.72. The summed E-state index contributed by atoms with van der Waals surface area (Å²) in [6.45, 7) is 3.16. The highest BCUT2D eigenvalue weighted by Gasteiger charge is 2.37. The van der Waals surface area contributed by atoms with Crippen LogP contribution in [0, 0.1) is 6.92 Å². The first-order valence-electron chi connectivity index (χ1n) is 8.10. The highest BCUT2D eigenvalue weighted by atomic mass is 35.5. The number of nitrogens with one attached hydrogen (secondary N) is 1. The molecule has 4 rings (SSSR count). The van der Waals surface area contributed by atoms with Gasteiger partial charge in [0.25, 0.3) is 0 Å². The number of aromatic nitrogens is 5. The van der Waals surface area contributed by atoms with Crippen LogP contribution in [0.25, 0.3) is 5.65 Å². The summed E-state index contributed by atoms with van der Waals surface area (Å²) in [5, 5.41) is 7.88. The SMILES string of the molecule is Cc1nn2cc(S(=O)(=O)N3CCNCC3c3nccn3C)cnc2c1Cl.Cl. The van der Waals surface area contributed by atoms with E-state index in [0.717, 1.165) is 0 Å². The lowest BCUT2D eigenvalue weighted by molar-refractivity contribution is 0.258. The molecule has 27 heavy (non-hydrogen) atoms. The average molecular weight is 432 g/mol. The number of sulfonamides is 1. The molecule has 0 aromatic carbocycles. The topological polar surface area (TPSA) is 97.4 Å². The molecule has 1 atom stereocenters. The minimum absolute atomic E-state index is 0. The lowest BCUT2D eigenvalue weighted by Gasteiger charge is -2.34. The fourth-order valence-corrected chi connectivity index (χ4v) is 4.86. The van der Waals surface area contributed by atoms with Gasteiger partial charge in [0, 0.05) is 39.1 Å². The second kappa shape index (κ2) is 7.36. The second-order valence-corrected chi connectivity index (χ2v) is 8.46. The van der Waals surface area contributed by atoms with Crippen molar-refractivity contribution < 1.29 is 8.42 Å². The number of nitrogens with zero attached hydrogens (tertiary/aromatic N) is 6. The molecule has 0 bridgehead atoms. The standard InChI is InChI=1S/C15H18ClN7O2S.ClH/c1-10-13(16)15-19-7-11(9-22(15)20-10)26(24,25)23-6-3-17-8-12(23)14-18-4-5-21(14)2;/h4-5,7,9,12,17H,3,6,8H2,1-2H3;1H. The van der Waals surface area contributed by atoms with E-state index in [2.05, 4.69) is 20.4 Å². The molecule has 12 heteroatoms. The van der Waals surface area contributed by atoms with Gasteiger partial charge in [-0.2, -0.15) is 9.40 Å². The Morgan fingerprint density at radius 2 is 2.11 bits per heavy atom. The fraction of sp³-hybridized carbons (Fsp3) is 0.400. The number of imidazole rings is 1. The van der Waals surface area contributed by atoms with E-state index >= 15 is 0 Å². The first kappa shape index (κ1) is 20.0. The van der Waals surface area contributed by atoms with E-state index in [1.165, 1.54) is 21.2 Å². The van der Waals surface area contributed by atoms with Crippen molar-refractivity contribution in [2.45, 2.75) is 17.9 Å². The molecule has 9 nitrogen and oxygen atoms in total. The van der Waals surface area contributed by atoms with E-state index in [9.17, 15) is 8.42 Å². The molecule has 146 valence electrons. The van der Waals surface area contributed by atoms with Crippen LogP contribution in [0.1, 0.15) is 17.6 Å². The van der Waals surface area contributed by atoms with Gasteiger partial charge in [0.1, 0.15) is 15.7 Å². The number of piperazine rings is 1. The zero-order valence-corrected chi connectivity index (χ0v) is 17.1. The Labute approximate surface area is 167 Å². The molecule has 1 unspecified atom stereocenters. The van der Waals surface area contributed by atoms with E-state index in [4.69, 9.17) is 11.6 Å². The normalized spacial score (nSPS) is 18.6. The number of rotatable bonds is 3. The molecule has 0 aliphatic carbocycles. The Balaban J connectivity index is 0.00000210. The molecule has 1 aliphatic rings. The highest BCUT2D eigenvalue weighted by Crippen LogP contribution is 2.28. The third kappa shape index (κ3) is 3.32. The summed E-state index contributed by atoms with van der Waals surface area (Å²) in [7, 11) is -1.92. The van der Waals surface area contributed by atoms with Crippen LogP contribution in [-0.4, -0.2) is 56.5 Å². The van der Waals surface area contributed by atoms with Crippen molar-refractivity contribution in [3.05, 3.63) is 41.3 Å². The van der Waals surface area contributed by atoms with Crippen LogP contribution in [0.2, 0.25) is 5.02 Å². The Morgan fingerprint density at radius 1 is 1.33 bits per heavy atom. The maximum Gasteiger partial charge on any atom is 0.246 e. The number of hydrogen-bond donors (Lipinski definition) is 1. The summed E-state index contributed by atoms with van der Waals surface area (Å²) in [5.74, 6) is 0.688. The van der Waals surface area contributed by atoms with Crippen LogP contribution in [0.15, 0.2) is 29.7 Å². The zero-order chi connectivity index (χ0) is 18.5. The lowest BCUT2D eigenvalue weighted by atomic mass is 10.2. The Bertz CT molecular complexity index is 1080. The van der Waals surface area contributed by atoms with Crippen molar-refractivity contribution >= 4 is 39.7 Å². The van der Waals surface area contributed by atoms with Crippen LogP contribution in [0.5, 0.6) is 0 Å². The van der Waals surface area contributed by atoms with Gasteiger partial charge in [-0.15, -0.1) is 12.4 Å². The number of fused-ring (bicyclic) bond motifs is 1. The summed E-state index contributed by atoms with van der Waals surface area (Å²) < 4.78 is 31.3. The van der Waals surface area contributed by atoms with Gasteiger partial charge >= 0.3 is 0 Å². The van der Waals surface area contributed by atoms with Crippen molar-refractivity contribution in [1.82, 2.24) is 33.8 Å². The van der Waals surface area contributed by atoms with E-state index in [1.807, 2.05) is 11.6 Å². The predicted octanol–water partition coefficient (Wildman–Crippen LogP) is 1.18. The molecule has 0 spiro atoms. The van der Waals surface area contributed by atoms with E-state index in [1.54, 1.807) is 19.3 Å². The molecule has 0 radical (unpaired) electrons. The van der Waals surface area contributed by atoms with Gasteiger partial charge in [0.15, 0.2) is 5.65 Å². The molecule has 0 amide bonds. The van der Waals surface area contributed by atoms with Crippen LogP contribution >= 0.6 is 24.0 Å². The van der Waals surface area contributed by atoms with Crippen molar-refractivity contribution in [1.29, 1.82) is 0 Å². The van der Waals surface area contributed by atoms with Crippen molar-refractivity contribution in [2.24, 2.45) is 7.05 Å². The van der Waals surface area contributed by atoms with Gasteiger partial charge in [-0.25, -0.2) is 22.9 Å². The Kier molecular flexibility index (Phi) is 5.46. The van der Waals surface area contributed by atoms with E-state index < -0.39 is 16.1 Å². The molecular weight excluding hydrogens is 413 g/mol. The highest BCUT2D eigenvalue weighted by molar-refractivity contribution is 7.89. The first-order chi connectivity index (χ1) is 12.4. The molecule has 1 aliphatic heterocycles. The number of halogens is 2. The quantitative estimate of drug-likeness (QED) is 0.668. The van der Waals surface area contributed by atoms with Crippen LogP contribution in [0.4, 0.5) is 0 Å². The van der Waals surface area contributed by atoms with Crippen molar-refractivity contribution in [2.75, 3.05) is 19.6 Å². The molecule has 4 heterocycles. The minimum Gasteiger partial charge on any atom is -0.337 e. The molecule has 3 aromatic heterocycles. The average Bonchev–Trinajstić information content (AvgIpc) is 3.18. The van der Waals surface area contributed by atoms with E-state index in [-0.39, 0.29) is 17.3 Å². The fourth-order valence-electron chi connectivity index (χ4n) is 3.16. The molecule has 1 N–H and O–H groups in total. The molecule has 0 saturated carbocycles. The summed E-state index contributed by atoms with van der Waals surface area (Å²) in [6.07, 6.45) is 6.25. The number of aryl methyl sites for hydroxylation is 2. The monoisotopic (exact) mass is 431 g/mol. The van der Waals surface area contributed by atoms with Crippen molar-refractivity contribution in [3.63, 3.8) is 0 Å². The van der Waals surface area contributed by atoms with Gasteiger partial charge < -0.3 is 9.88 Å². The molecule has 1 fully saturated rings. The third-order valence-electron chi connectivity index (χ3n) is 4.51. The van der Waals surface area contributed by atoms with E-state index in [0.29, 0.717) is 41.8 Å². The van der Waals surface area contributed by atoms with Gasteiger partial charge in [-0.3, -0.25) is 0 Å². The van der Waals surface area contributed by atoms with Crippen LogP contribution in [0.3, 0.4) is 0 Å². The van der Waals surface area contributed by atoms with Gasteiger partial charge in [0.2, 0.25) is 10.0 Å². The van der Waals surface area contributed by atoms with Gasteiger partial charge in [-0.1, -0.05) is 11.6 Å². The Morgan fingerprint density at radius 3 is 2.81 bits per heavy atom. The minimum atomic E-state index is -3.78. The number of hydrogen-bond acceptors (Lipinski definition) is 6. The molecule has 3 aromatic rings. The summed E-state index contributed by atoms with van der Waals surface area (Å²) in [5.41, 5.74) is 1.03. The second-order valence-electron chi connectivity index (χ2n) is 6.19. The van der Waals surface area contributed by atoms with Gasteiger partial charge in [0.05, 0.1) is 24.1 Å². The lowest BCUT2D eigenvalue weighted by Crippen LogP contribution is -2.49. The largest absolute Gasteiger partial charge is 0.337 e. The van der Waals surface area contributed by atoms with Crippen LogP contribution in [-0.2, 0) is 17.1 Å². The smallest absolute Gasteiger partial charge is 0.246 e. The van der Waals surface area contributed by atoms with Gasteiger partial charge in [-0.05, 0) is 6.92 Å².